The number of carbonyl (C=O) groups is 1. The summed E-state index contributed by atoms with van der Waals surface area (Å²) in [6, 6.07) is 6.06. The van der Waals surface area contributed by atoms with Crippen molar-refractivity contribution in [1.29, 1.82) is 0 Å². The van der Waals surface area contributed by atoms with Crippen LogP contribution >= 0.6 is 15.9 Å². The van der Waals surface area contributed by atoms with Gasteiger partial charge in [0.25, 0.3) is 11.6 Å². The van der Waals surface area contributed by atoms with Crippen LogP contribution in [0.1, 0.15) is 21.7 Å². The zero-order chi connectivity index (χ0) is 14.9. The topological polar surface area (TPSA) is 85.4 Å². The number of rotatable bonds is 3. The molecular formula is C13H11BrN2O4. The lowest BCUT2D eigenvalue weighted by atomic mass is 10.1. The number of benzene rings is 1. The zero-order valence-corrected chi connectivity index (χ0v) is 12.4. The van der Waals surface area contributed by atoms with Gasteiger partial charge in [0.2, 0.25) is 0 Å². The summed E-state index contributed by atoms with van der Waals surface area (Å²) in [4.78, 5) is 22.5. The lowest BCUT2D eigenvalue weighted by Crippen LogP contribution is -2.12. The van der Waals surface area contributed by atoms with Gasteiger partial charge in [-0.15, -0.1) is 0 Å². The first kappa shape index (κ1) is 14.3. The summed E-state index contributed by atoms with van der Waals surface area (Å²) in [6.45, 7) is 3.59. The molecule has 6 nitrogen and oxygen atoms in total. The highest BCUT2D eigenvalue weighted by atomic mass is 79.9. The molecule has 0 spiro atoms. The molecule has 0 aliphatic carbocycles. The average Bonchev–Trinajstić information content (AvgIpc) is 2.80. The summed E-state index contributed by atoms with van der Waals surface area (Å²) in [5.41, 5.74) is 1.64. The Morgan fingerprint density at radius 2 is 1.95 bits per heavy atom. The Morgan fingerprint density at radius 3 is 2.50 bits per heavy atom. The minimum atomic E-state index is -0.540. The molecule has 1 aromatic carbocycles. The van der Waals surface area contributed by atoms with Crippen LogP contribution in [0.5, 0.6) is 0 Å². The van der Waals surface area contributed by atoms with Gasteiger partial charge in [0.15, 0.2) is 10.4 Å². The zero-order valence-electron chi connectivity index (χ0n) is 10.8. The summed E-state index contributed by atoms with van der Waals surface area (Å²) in [6.07, 6.45) is 0. The molecule has 0 aliphatic heterocycles. The van der Waals surface area contributed by atoms with Crippen LogP contribution in [0.25, 0.3) is 0 Å². The van der Waals surface area contributed by atoms with Gasteiger partial charge in [-0.05, 0) is 59.1 Å². The number of nitro benzene ring substituents is 1. The molecule has 2 rings (SSSR count). The van der Waals surface area contributed by atoms with Crippen LogP contribution in [-0.2, 0) is 0 Å². The van der Waals surface area contributed by atoms with E-state index in [0.717, 1.165) is 11.1 Å². The van der Waals surface area contributed by atoms with Crippen molar-refractivity contribution in [2.45, 2.75) is 13.8 Å². The molecule has 0 saturated heterocycles. The number of nitro groups is 1. The Balaban J connectivity index is 2.35. The molecule has 1 heterocycles. The fraction of sp³-hybridized carbons (Fsp3) is 0.154. The van der Waals surface area contributed by atoms with Crippen molar-refractivity contribution >= 4 is 33.2 Å². The number of halogens is 1. The van der Waals surface area contributed by atoms with Gasteiger partial charge in [0, 0.05) is 6.07 Å². The quantitative estimate of drug-likeness (QED) is 0.680. The molecular weight excluding hydrogens is 328 g/mol. The van der Waals surface area contributed by atoms with Gasteiger partial charge in [-0.3, -0.25) is 14.9 Å². The van der Waals surface area contributed by atoms with E-state index in [2.05, 4.69) is 21.2 Å². The summed E-state index contributed by atoms with van der Waals surface area (Å²) >= 11 is 3.09. The molecule has 7 heteroatoms. The smallest absolute Gasteiger partial charge is 0.293 e. The maximum Gasteiger partial charge on any atom is 0.293 e. The Kier molecular flexibility index (Phi) is 3.89. The molecule has 0 saturated carbocycles. The minimum absolute atomic E-state index is 0.0735. The van der Waals surface area contributed by atoms with Gasteiger partial charge in [-0.2, -0.15) is 0 Å². The maximum atomic E-state index is 12.0. The largest absolute Gasteiger partial charge is 0.444 e. The van der Waals surface area contributed by atoms with Crippen LogP contribution in [0.3, 0.4) is 0 Å². The van der Waals surface area contributed by atoms with E-state index in [9.17, 15) is 14.9 Å². The van der Waals surface area contributed by atoms with Gasteiger partial charge >= 0.3 is 0 Å². The van der Waals surface area contributed by atoms with Crippen LogP contribution in [-0.4, -0.2) is 10.8 Å². The molecule has 0 radical (unpaired) electrons. The summed E-state index contributed by atoms with van der Waals surface area (Å²) in [5, 5.41) is 13.5. The van der Waals surface area contributed by atoms with E-state index in [1.165, 1.54) is 12.1 Å². The van der Waals surface area contributed by atoms with Crippen molar-refractivity contribution in [1.82, 2.24) is 0 Å². The number of furan rings is 1. The summed E-state index contributed by atoms with van der Waals surface area (Å²) in [5.74, 6) is -0.466. The standard InChI is InChI=1S/C13H11BrN2O4/c1-7-5-9(10(16(18)19)6-8(7)2)15-13(17)11-3-4-12(14)20-11/h3-6H,1-2H3,(H,15,17). The van der Waals surface area contributed by atoms with Gasteiger partial charge in [0.1, 0.15) is 5.69 Å². The highest BCUT2D eigenvalue weighted by molar-refractivity contribution is 9.10. The first-order valence-electron chi connectivity index (χ1n) is 5.71. The van der Waals surface area contributed by atoms with Crippen molar-refractivity contribution in [2.75, 3.05) is 5.32 Å². The predicted octanol–water partition coefficient (Wildman–Crippen LogP) is 3.82. The second kappa shape index (κ2) is 5.46. The van der Waals surface area contributed by atoms with Crippen LogP contribution < -0.4 is 5.32 Å². The SMILES string of the molecule is Cc1cc(NC(=O)c2ccc(Br)o2)c([N+](=O)[O-])cc1C. The fourth-order valence-electron chi connectivity index (χ4n) is 1.67. The van der Waals surface area contributed by atoms with E-state index in [0.29, 0.717) is 4.67 Å². The molecule has 0 unspecified atom stereocenters. The third-order valence-electron chi connectivity index (χ3n) is 2.85. The van der Waals surface area contributed by atoms with Crippen molar-refractivity contribution < 1.29 is 14.1 Å². The summed E-state index contributed by atoms with van der Waals surface area (Å²) < 4.78 is 5.52. The third kappa shape index (κ3) is 2.88. The Labute approximate surface area is 123 Å². The lowest BCUT2D eigenvalue weighted by molar-refractivity contribution is -0.384. The highest BCUT2D eigenvalue weighted by Crippen LogP contribution is 2.28. The van der Waals surface area contributed by atoms with E-state index in [4.69, 9.17) is 4.42 Å². The van der Waals surface area contributed by atoms with Gasteiger partial charge < -0.3 is 9.73 Å². The highest BCUT2D eigenvalue weighted by Gasteiger charge is 2.19. The number of hydrogen-bond acceptors (Lipinski definition) is 4. The van der Waals surface area contributed by atoms with Crippen molar-refractivity contribution in [3.8, 4) is 0 Å². The molecule has 0 atom stereocenters. The number of anilines is 1. The van der Waals surface area contributed by atoms with Gasteiger partial charge in [-0.25, -0.2) is 0 Å². The fourth-order valence-corrected chi connectivity index (χ4v) is 1.98. The molecule has 1 amide bonds. The van der Waals surface area contributed by atoms with Crippen LogP contribution in [0, 0.1) is 24.0 Å². The van der Waals surface area contributed by atoms with E-state index >= 15 is 0 Å². The number of hydrogen-bond donors (Lipinski definition) is 1. The molecule has 0 bridgehead atoms. The number of carbonyl (C=O) groups excluding carboxylic acids is 1. The minimum Gasteiger partial charge on any atom is -0.444 e. The second-order valence-electron chi connectivity index (χ2n) is 4.27. The third-order valence-corrected chi connectivity index (χ3v) is 3.28. The van der Waals surface area contributed by atoms with Crippen molar-refractivity contribution in [2.24, 2.45) is 0 Å². The Bertz CT molecular complexity index is 694. The van der Waals surface area contributed by atoms with E-state index < -0.39 is 10.8 Å². The molecule has 0 aliphatic rings. The van der Waals surface area contributed by atoms with Gasteiger partial charge in [0.05, 0.1) is 4.92 Å². The maximum absolute atomic E-state index is 12.0. The van der Waals surface area contributed by atoms with E-state index in [-0.39, 0.29) is 17.1 Å². The van der Waals surface area contributed by atoms with E-state index in [1.807, 2.05) is 6.92 Å². The first-order valence-corrected chi connectivity index (χ1v) is 6.50. The first-order chi connectivity index (χ1) is 9.38. The number of nitrogens with zero attached hydrogens (tertiary/aromatic N) is 1. The van der Waals surface area contributed by atoms with Crippen LogP contribution in [0.15, 0.2) is 33.4 Å². The van der Waals surface area contributed by atoms with Crippen molar-refractivity contribution in [3.63, 3.8) is 0 Å². The predicted molar refractivity (Wildman–Crippen MR) is 76.9 cm³/mol. The molecule has 104 valence electrons. The monoisotopic (exact) mass is 338 g/mol. The molecule has 2 aromatic rings. The van der Waals surface area contributed by atoms with Crippen molar-refractivity contribution in [3.05, 3.63) is 55.9 Å². The Hall–Kier alpha value is -2.15. The molecule has 1 N–H and O–H groups in total. The second-order valence-corrected chi connectivity index (χ2v) is 5.05. The molecule has 0 fully saturated rings. The normalized spacial score (nSPS) is 10.3. The lowest BCUT2D eigenvalue weighted by Gasteiger charge is -2.07. The molecule has 20 heavy (non-hydrogen) atoms. The van der Waals surface area contributed by atoms with Crippen LogP contribution in [0.2, 0.25) is 0 Å². The van der Waals surface area contributed by atoms with Gasteiger partial charge in [-0.1, -0.05) is 0 Å². The number of amides is 1. The Morgan fingerprint density at radius 1 is 1.30 bits per heavy atom. The summed E-state index contributed by atoms with van der Waals surface area (Å²) in [7, 11) is 0. The number of aryl methyl sites for hydroxylation is 2. The van der Waals surface area contributed by atoms with E-state index in [1.54, 1.807) is 19.1 Å². The number of nitrogens with one attached hydrogen (secondary N) is 1. The van der Waals surface area contributed by atoms with Crippen LogP contribution in [0.4, 0.5) is 11.4 Å². The molecule has 1 aromatic heterocycles. The average molecular weight is 339 g/mol.